The number of para-hydroxylation sites is 3. The van der Waals surface area contributed by atoms with Gasteiger partial charge in [0.05, 0.1) is 11.0 Å². The van der Waals surface area contributed by atoms with Crippen molar-refractivity contribution in [1.82, 2.24) is 9.13 Å². The van der Waals surface area contributed by atoms with Crippen LogP contribution in [-0.2, 0) is 0 Å². The largest absolute Gasteiger partial charge is 2.00 e. The molecule has 9 rings (SSSR count). The molecule has 46 heavy (non-hydrogen) atoms. The first-order valence-electron chi connectivity index (χ1n) is 15.4. The van der Waals surface area contributed by atoms with Crippen LogP contribution >= 0.6 is 0 Å². The molecule has 0 aliphatic heterocycles. The zero-order chi connectivity index (χ0) is 29.9. The van der Waals surface area contributed by atoms with Gasteiger partial charge in [0, 0.05) is 27.7 Å². The Labute approximate surface area is 291 Å². The maximum absolute atomic E-state index is 3.53. The molecule has 0 aliphatic carbocycles. The maximum Gasteiger partial charge on any atom is 2.00 e. The van der Waals surface area contributed by atoms with Crippen molar-refractivity contribution in [3.05, 3.63) is 169 Å². The van der Waals surface area contributed by atoms with Crippen LogP contribution in [0.1, 0.15) is 5.56 Å². The molecule has 0 N–H and O–H groups in total. The summed E-state index contributed by atoms with van der Waals surface area (Å²) in [4.78, 5) is 0. The molecule has 0 bridgehead atoms. The fourth-order valence-corrected chi connectivity index (χ4v) is 7.17. The average molecular weight is 811 g/mol. The van der Waals surface area contributed by atoms with E-state index in [2.05, 4.69) is 162 Å². The zero-order valence-electron chi connectivity index (χ0n) is 25.3. The zero-order valence-corrected chi connectivity index (χ0v) is 29.5. The Morgan fingerprint density at radius 1 is 0.500 bits per heavy atom. The molecule has 0 aliphatic rings. The van der Waals surface area contributed by atoms with Crippen LogP contribution in [0, 0.1) is 50.2 Å². The third-order valence-corrected chi connectivity index (χ3v) is 9.15. The molecule has 0 spiro atoms. The molecule has 2 heterocycles. The Morgan fingerprint density at radius 2 is 1.15 bits per heavy atom. The van der Waals surface area contributed by atoms with Crippen LogP contribution in [0.3, 0.4) is 0 Å². The van der Waals surface area contributed by atoms with Gasteiger partial charge in [0.1, 0.15) is 0 Å². The molecule has 3 heteroatoms. The van der Waals surface area contributed by atoms with Crippen molar-refractivity contribution in [1.29, 1.82) is 0 Å². The Kier molecular flexibility index (Phi) is 7.18. The van der Waals surface area contributed by atoms with Crippen molar-refractivity contribution < 1.29 is 31.1 Å². The summed E-state index contributed by atoms with van der Waals surface area (Å²) in [5.74, 6) is 0. The SMILES string of the molecule is Cc1c(-c2cccc(-n3c4ccccc4c4ccccc43)c2)cccc1-n1c2ccccc2c2c(-c3[c-]cccc3)[c-]ccc21.[U+2]. The summed E-state index contributed by atoms with van der Waals surface area (Å²) in [5.41, 5.74) is 12.9. The summed E-state index contributed by atoms with van der Waals surface area (Å²) in [6.45, 7) is 2.25. The number of fused-ring (bicyclic) bond motifs is 6. The predicted octanol–water partition coefficient (Wildman–Crippen LogP) is 11.1. The topological polar surface area (TPSA) is 9.86 Å². The fraction of sp³-hybridized carbons (Fsp3) is 0.0233. The second kappa shape index (κ2) is 11.5. The molecule has 0 unspecified atom stereocenters. The van der Waals surface area contributed by atoms with Gasteiger partial charge in [-0.15, -0.1) is 17.5 Å². The third kappa shape index (κ3) is 4.38. The molecule has 0 saturated carbocycles. The predicted molar refractivity (Wildman–Crippen MR) is 188 cm³/mol. The minimum Gasteiger partial charge on any atom is -0.328 e. The van der Waals surface area contributed by atoms with Crippen molar-refractivity contribution in [2.24, 2.45) is 0 Å². The molecule has 2 aromatic heterocycles. The first-order valence-corrected chi connectivity index (χ1v) is 15.4. The van der Waals surface area contributed by atoms with Gasteiger partial charge in [-0.2, -0.15) is 36.4 Å². The molecule has 0 radical (unpaired) electrons. The number of hydrogen-bond donors (Lipinski definition) is 0. The average Bonchev–Trinajstić information content (AvgIpc) is 3.62. The molecule has 9 aromatic rings. The third-order valence-electron chi connectivity index (χ3n) is 9.15. The van der Waals surface area contributed by atoms with Crippen LogP contribution in [0.25, 0.3) is 77.2 Å². The van der Waals surface area contributed by atoms with E-state index in [-0.39, 0.29) is 31.1 Å². The smallest absolute Gasteiger partial charge is 0.328 e. The van der Waals surface area contributed by atoms with E-state index in [1.54, 1.807) is 0 Å². The second-order valence-corrected chi connectivity index (χ2v) is 11.6. The van der Waals surface area contributed by atoms with Crippen LogP contribution in [-0.4, -0.2) is 9.13 Å². The summed E-state index contributed by atoms with van der Waals surface area (Å²) in [6, 6.07) is 61.1. The van der Waals surface area contributed by atoms with Gasteiger partial charge in [0.2, 0.25) is 0 Å². The van der Waals surface area contributed by atoms with Crippen LogP contribution in [0.5, 0.6) is 0 Å². The molecule has 7 aromatic carbocycles. The number of rotatable bonds is 4. The van der Waals surface area contributed by atoms with E-state index < -0.39 is 0 Å². The Balaban J connectivity index is 0.00000312. The van der Waals surface area contributed by atoms with Crippen molar-refractivity contribution in [2.45, 2.75) is 6.92 Å². The second-order valence-electron chi connectivity index (χ2n) is 11.6. The molecule has 0 saturated heterocycles. The molecule has 214 valence electrons. The number of benzene rings is 7. The van der Waals surface area contributed by atoms with E-state index in [4.69, 9.17) is 0 Å². The van der Waals surface area contributed by atoms with E-state index in [0.29, 0.717) is 0 Å². The molecule has 0 fully saturated rings. The van der Waals surface area contributed by atoms with Crippen molar-refractivity contribution >= 4 is 43.6 Å². The monoisotopic (exact) mass is 810 g/mol. The molecule has 2 nitrogen and oxygen atoms in total. The summed E-state index contributed by atoms with van der Waals surface area (Å²) in [5, 5.41) is 4.96. The molecular formula is C43H28N2U. The van der Waals surface area contributed by atoms with Gasteiger partial charge in [0.15, 0.2) is 0 Å². The normalized spacial score (nSPS) is 11.4. The fourth-order valence-electron chi connectivity index (χ4n) is 7.17. The summed E-state index contributed by atoms with van der Waals surface area (Å²) < 4.78 is 4.81. The Hall–Kier alpha value is -4.81. The van der Waals surface area contributed by atoms with Gasteiger partial charge in [-0.05, 0) is 70.9 Å². The van der Waals surface area contributed by atoms with Gasteiger partial charge in [-0.1, -0.05) is 78.9 Å². The van der Waals surface area contributed by atoms with Crippen LogP contribution in [0.2, 0.25) is 0 Å². The van der Waals surface area contributed by atoms with E-state index in [1.165, 1.54) is 66.0 Å². The minimum atomic E-state index is 0. The van der Waals surface area contributed by atoms with Crippen molar-refractivity contribution in [3.8, 4) is 33.6 Å². The standard InChI is InChI=1S/C43H28N2.U/c1-29-33(31-16-11-17-32(28-31)44-39-23-8-5-18-35(39)36-19-6-9-24-40(36)44)21-12-26-38(29)45-41-25-10-7-20-37(41)43-34(22-13-27-42(43)45)30-14-3-2-4-15-30;/h2-14,16-21,23-28H,1H3;/q-2;+2. The van der Waals surface area contributed by atoms with Gasteiger partial charge < -0.3 is 9.13 Å². The van der Waals surface area contributed by atoms with Crippen LogP contribution < -0.4 is 0 Å². The van der Waals surface area contributed by atoms with E-state index in [9.17, 15) is 0 Å². The van der Waals surface area contributed by atoms with Gasteiger partial charge in [0.25, 0.3) is 0 Å². The van der Waals surface area contributed by atoms with E-state index >= 15 is 0 Å². The first-order chi connectivity index (χ1) is 22.3. The molecule has 0 amide bonds. The van der Waals surface area contributed by atoms with E-state index in [0.717, 1.165) is 16.8 Å². The number of hydrogen-bond acceptors (Lipinski definition) is 0. The van der Waals surface area contributed by atoms with Gasteiger partial charge in [-0.25, -0.2) is 11.1 Å². The minimum absolute atomic E-state index is 0. The van der Waals surface area contributed by atoms with Crippen LogP contribution in [0.15, 0.2) is 152 Å². The summed E-state index contributed by atoms with van der Waals surface area (Å²) in [6.07, 6.45) is 0. The van der Waals surface area contributed by atoms with Gasteiger partial charge >= 0.3 is 31.1 Å². The van der Waals surface area contributed by atoms with Crippen molar-refractivity contribution in [2.75, 3.05) is 0 Å². The Bertz CT molecular complexity index is 2500. The van der Waals surface area contributed by atoms with Crippen LogP contribution in [0.4, 0.5) is 0 Å². The number of nitrogens with zero attached hydrogens (tertiary/aromatic N) is 2. The van der Waals surface area contributed by atoms with Crippen molar-refractivity contribution in [3.63, 3.8) is 0 Å². The summed E-state index contributed by atoms with van der Waals surface area (Å²) in [7, 11) is 0. The molecular weight excluding hydrogens is 783 g/mol. The first kappa shape index (κ1) is 28.7. The quantitative estimate of drug-likeness (QED) is 0.157. The molecule has 0 atom stereocenters. The number of aromatic nitrogens is 2. The van der Waals surface area contributed by atoms with Gasteiger partial charge in [-0.3, -0.25) is 0 Å². The van der Waals surface area contributed by atoms with E-state index in [1.807, 2.05) is 18.2 Å². The summed E-state index contributed by atoms with van der Waals surface area (Å²) >= 11 is 0. The maximum atomic E-state index is 3.53. The Morgan fingerprint density at radius 3 is 1.87 bits per heavy atom.